The highest BCUT2D eigenvalue weighted by molar-refractivity contribution is 7.07. The van der Waals surface area contributed by atoms with Crippen molar-refractivity contribution in [1.29, 1.82) is 0 Å². The zero-order valence-electron chi connectivity index (χ0n) is 15.2. The van der Waals surface area contributed by atoms with Crippen molar-refractivity contribution in [2.45, 2.75) is 27.2 Å². The normalized spacial score (nSPS) is 11.2. The summed E-state index contributed by atoms with van der Waals surface area (Å²) in [6.07, 6.45) is 4.89. The molecule has 1 aromatic carbocycles. The Labute approximate surface area is 153 Å². The molecule has 132 valence electrons. The van der Waals surface area contributed by atoms with Crippen LogP contribution in [-0.2, 0) is 6.42 Å². The van der Waals surface area contributed by atoms with Crippen LogP contribution >= 0.6 is 11.5 Å². The largest absolute Gasteiger partial charge is 0.430 e. The minimum absolute atomic E-state index is 0.560. The van der Waals surface area contributed by atoms with E-state index in [0.29, 0.717) is 11.1 Å². The van der Waals surface area contributed by atoms with E-state index in [1.807, 2.05) is 29.1 Å². The molecule has 0 radical (unpaired) electrons. The Morgan fingerprint density at radius 1 is 1.16 bits per heavy atom. The second-order valence-electron chi connectivity index (χ2n) is 6.24. The Morgan fingerprint density at radius 2 is 1.92 bits per heavy atom. The van der Waals surface area contributed by atoms with Gasteiger partial charge < -0.3 is 9.64 Å². The third-order valence-electron chi connectivity index (χ3n) is 4.37. The topological polar surface area (TPSA) is 43.2 Å². The highest BCUT2D eigenvalue weighted by Gasteiger charge is 2.11. The van der Waals surface area contributed by atoms with Crippen molar-refractivity contribution in [1.82, 2.24) is 18.8 Å². The molecule has 0 bridgehead atoms. The maximum Gasteiger partial charge on any atom is 0.300 e. The summed E-state index contributed by atoms with van der Waals surface area (Å²) >= 11 is 1.27. The lowest BCUT2D eigenvalue weighted by atomic mass is 10.0. The van der Waals surface area contributed by atoms with Gasteiger partial charge in [0.05, 0.1) is 0 Å². The van der Waals surface area contributed by atoms with Crippen LogP contribution in [0.2, 0.25) is 0 Å². The number of hydrogen-bond donors (Lipinski definition) is 0. The zero-order valence-corrected chi connectivity index (χ0v) is 16.0. The molecule has 6 heteroatoms. The summed E-state index contributed by atoms with van der Waals surface area (Å²) in [6.45, 7) is 8.53. The molecule has 3 aromatic rings. The van der Waals surface area contributed by atoms with Gasteiger partial charge in [0.1, 0.15) is 5.75 Å². The highest BCUT2D eigenvalue weighted by atomic mass is 32.1. The Kier molecular flexibility index (Phi) is 5.50. The van der Waals surface area contributed by atoms with Crippen molar-refractivity contribution in [2.24, 2.45) is 0 Å². The molecule has 0 atom stereocenters. The first-order valence-electron chi connectivity index (χ1n) is 8.50. The molecule has 0 aliphatic rings. The van der Waals surface area contributed by atoms with Gasteiger partial charge in [-0.15, -0.1) is 4.37 Å². The van der Waals surface area contributed by atoms with E-state index in [1.165, 1.54) is 22.7 Å². The number of likely N-dealkylation sites (N-methyl/N-ethyl adjacent to an activating group) is 1. The van der Waals surface area contributed by atoms with Crippen LogP contribution in [0.3, 0.4) is 0 Å². The molecule has 0 amide bonds. The van der Waals surface area contributed by atoms with Gasteiger partial charge in [-0.1, -0.05) is 13.0 Å². The summed E-state index contributed by atoms with van der Waals surface area (Å²) in [4.78, 5) is 6.78. The predicted molar refractivity (Wildman–Crippen MR) is 102 cm³/mol. The van der Waals surface area contributed by atoms with Gasteiger partial charge in [-0.3, -0.25) is 4.57 Å². The van der Waals surface area contributed by atoms with E-state index in [2.05, 4.69) is 54.2 Å². The van der Waals surface area contributed by atoms with Gasteiger partial charge in [-0.05, 0) is 68.8 Å². The van der Waals surface area contributed by atoms with Gasteiger partial charge in [0, 0.05) is 30.5 Å². The summed E-state index contributed by atoms with van der Waals surface area (Å²) in [7, 11) is 2.15. The molecule has 0 spiro atoms. The van der Waals surface area contributed by atoms with Crippen LogP contribution in [0, 0.1) is 13.8 Å². The minimum Gasteiger partial charge on any atom is -0.430 e. The van der Waals surface area contributed by atoms with Gasteiger partial charge in [0.15, 0.2) is 0 Å². The summed E-state index contributed by atoms with van der Waals surface area (Å²) < 4.78 is 12.2. The Hall–Kier alpha value is -2.18. The fraction of sp³-hybridized carbons (Fsp3) is 0.368. The van der Waals surface area contributed by atoms with E-state index in [9.17, 15) is 0 Å². The van der Waals surface area contributed by atoms with E-state index in [-0.39, 0.29) is 0 Å². The molecule has 0 saturated heterocycles. The molecule has 25 heavy (non-hydrogen) atoms. The van der Waals surface area contributed by atoms with Crippen LogP contribution in [0.5, 0.6) is 10.9 Å². The number of aryl methyl sites for hydroxylation is 2. The number of rotatable bonds is 7. The van der Waals surface area contributed by atoms with Crippen molar-refractivity contribution in [3.63, 3.8) is 0 Å². The third kappa shape index (κ3) is 4.27. The fourth-order valence-corrected chi connectivity index (χ4v) is 3.15. The zero-order chi connectivity index (χ0) is 17.8. The maximum atomic E-state index is 5.99. The van der Waals surface area contributed by atoms with E-state index in [1.54, 1.807) is 0 Å². The standard InChI is InChI=1S/C19H24N4OS/c1-5-22(4)11-8-16-12-15(3)17(13-14(16)2)24-19-20-18(21-25-19)23-9-6-7-10-23/h6-7,9-10,12-13H,5,8,11H2,1-4H3. The SMILES string of the molecule is CCN(C)CCc1cc(C)c(Oc2nc(-n3cccc3)ns2)cc1C. The first-order valence-corrected chi connectivity index (χ1v) is 9.27. The number of nitrogens with zero attached hydrogens (tertiary/aromatic N) is 4. The Bertz CT molecular complexity index is 826. The fourth-order valence-electron chi connectivity index (χ4n) is 2.61. The Balaban J connectivity index is 1.73. The van der Waals surface area contributed by atoms with Gasteiger partial charge >= 0.3 is 0 Å². The van der Waals surface area contributed by atoms with Crippen molar-refractivity contribution in [3.05, 3.63) is 53.3 Å². The maximum absolute atomic E-state index is 5.99. The highest BCUT2D eigenvalue weighted by Crippen LogP contribution is 2.29. The molecule has 0 aliphatic heterocycles. The second-order valence-corrected chi connectivity index (χ2v) is 6.96. The predicted octanol–water partition coefficient (Wildman–Crippen LogP) is 4.23. The monoisotopic (exact) mass is 356 g/mol. The molecular weight excluding hydrogens is 332 g/mol. The van der Waals surface area contributed by atoms with Crippen molar-refractivity contribution in [2.75, 3.05) is 20.1 Å². The summed E-state index contributed by atoms with van der Waals surface area (Å²) in [5, 5.41) is 0.560. The van der Waals surface area contributed by atoms with Gasteiger partial charge in [0.2, 0.25) is 5.95 Å². The second kappa shape index (κ2) is 7.80. The molecule has 0 aliphatic carbocycles. The summed E-state index contributed by atoms with van der Waals surface area (Å²) in [6, 6.07) is 8.23. The third-order valence-corrected chi connectivity index (χ3v) is 4.95. The van der Waals surface area contributed by atoms with Crippen LogP contribution in [0.25, 0.3) is 5.95 Å². The van der Waals surface area contributed by atoms with E-state index in [4.69, 9.17) is 4.74 Å². The molecular formula is C19H24N4OS. The van der Waals surface area contributed by atoms with Gasteiger partial charge in [-0.25, -0.2) is 0 Å². The summed E-state index contributed by atoms with van der Waals surface area (Å²) in [5.74, 6) is 1.49. The van der Waals surface area contributed by atoms with Crippen molar-refractivity contribution < 1.29 is 4.74 Å². The molecule has 0 N–H and O–H groups in total. The van der Waals surface area contributed by atoms with Crippen LogP contribution in [0.15, 0.2) is 36.7 Å². The number of benzene rings is 1. The van der Waals surface area contributed by atoms with Crippen LogP contribution in [0.1, 0.15) is 23.6 Å². The molecule has 0 unspecified atom stereocenters. The van der Waals surface area contributed by atoms with Crippen LogP contribution in [0.4, 0.5) is 0 Å². The van der Waals surface area contributed by atoms with Gasteiger partial charge in [0.25, 0.3) is 5.19 Å². The molecule has 5 nitrogen and oxygen atoms in total. The smallest absolute Gasteiger partial charge is 0.300 e. The minimum atomic E-state index is 0.560. The first-order chi connectivity index (χ1) is 12.1. The summed E-state index contributed by atoms with van der Waals surface area (Å²) in [5.41, 5.74) is 3.74. The lowest BCUT2D eigenvalue weighted by Gasteiger charge is -2.16. The molecule has 2 heterocycles. The average Bonchev–Trinajstić information content (AvgIpc) is 3.27. The molecule has 0 saturated carbocycles. The van der Waals surface area contributed by atoms with Crippen LogP contribution in [-0.4, -0.2) is 39.0 Å². The molecule has 3 rings (SSSR count). The number of ether oxygens (including phenoxy) is 1. The molecule has 0 fully saturated rings. The van der Waals surface area contributed by atoms with Crippen molar-refractivity contribution in [3.8, 4) is 16.9 Å². The van der Waals surface area contributed by atoms with E-state index >= 15 is 0 Å². The number of hydrogen-bond acceptors (Lipinski definition) is 5. The lowest BCUT2D eigenvalue weighted by Crippen LogP contribution is -2.20. The molecule has 2 aromatic heterocycles. The number of aromatic nitrogens is 3. The van der Waals surface area contributed by atoms with Gasteiger partial charge in [-0.2, -0.15) is 4.98 Å². The van der Waals surface area contributed by atoms with E-state index in [0.717, 1.165) is 30.8 Å². The quantitative estimate of drug-likeness (QED) is 0.635. The van der Waals surface area contributed by atoms with Crippen LogP contribution < -0.4 is 4.74 Å². The van der Waals surface area contributed by atoms with Crippen molar-refractivity contribution >= 4 is 11.5 Å². The Morgan fingerprint density at radius 3 is 2.64 bits per heavy atom. The lowest BCUT2D eigenvalue weighted by molar-refractivity contribution is 0.357. The first kappa shape index (κ1) is 17.6. The average molecular weight is 356 g/mol. The van der Waals surface area contributed by atoms with E-state index < -0.39 is 0 Å².